The normalized spacial score (nSPS) is 17.9. The molecule has 108 valence electrons. The number of nitrogens with two attached hydrogens (primary N) is 1. The van der Waals surface area contributed by atoms with E-state index in [1.165, 1.54) is 10.5 Å². The van der Waals surface area contributed by atoms with Crippen molar-refractivity contribution in [2.24, 2.45) is 10.9 Å². The number of fused-ring (bicyclic) bond motifs is 1. The number of nitrogens with zero attached hydrogens (tertiary/aromatic N) is 2. The quantitative estimate of drug-likeness (QED) is 0.375. The van der Waals surface area contributed by atoms with Crippen LogP contribution in [0.4, 0.5) is 0 Å². The zero-order valence-electron chi connectivity index (χ0n) is 11.5. The van der Waals surface area contributed by atoms with E-state index in [1.807, 2.05) is 25.1 Å². The van der Waals surface area contributed by atoms with E-state index in [-0.39, 0.29) is 23.5 Å². The molecule has 0 bridgehead atoms. The Labute approximate surface area is 122 Å². The Bertz CT molecular complexity index is 494. The zero-order valence-corrected chi connectivity index (χ0v) is 12.3. The molecule has 6 heteroatoms. The Hall–Kier alpha value is -1.69. The van der Waals surface area contributed by atoms with Crippen LogP contribution in [0.15, 0.2) is 34.3 Å². The molecule has 1 aromatic rings. The van der Waals surface area contributed by atoms with Crippen molar-refractivity contribution >= 4 is 23.5 Å². The summed E-state index contributed by atoms with van der Waals surface area (Å²) in [5.41, 5.74) is 6.74. The highest BCUT2D eigenvalue weighted by Gasteiger charge is 2.31. The SMILES string of the molecule is CCCN(CC(N)=NO)C(=O)C1Cc2ccccc2S1. The molecule has 5 nitrogen and oxygen atoms in total. The van der Waals surface area contributed by atoms with Gasteiger partial charge in [0, 0.05) is 11.4 Å². The number of benzene rings is 1. The van der Waals surface area contributed by atoms with E-state index in [1.54, 1.807) is 16.7 Å². The first-order valence-corrected chi connectivity index (χ1v) is 7.53. The molecule has 20 heavy (non-hydrogen) atoms. The largest absolute Gasteiger partial charge is 0.409 e. The molecule has 1 aliphatic rings. The number of amides is 1. The summed E-state index contributed by atoms with van der Waals surface area (Å²) < 4.78 is 0. The minimum absolute atomic E-state index is 0.0552. The molecule has 1 heterocycles. The molecule has 3 N–H and O–H groups in total. The standard InChI is InChI=1S/C14H19N3O2S/c1-2-7-17(9-13(15)16-19)14(18)12-8-10-5-3-4-6-11(10)20-12/h3-6,12,19H,2,7-9H2,1H3,(H2,15,16). The maximum absolute atomic E-state index is 12.6. The van der Waals surface area contributed by atoms with Crippen molar-refractivity contribution in [2.75, 3.05) is 13.1 Å². The van der Waals surface area contributed by atoms with Gasteiger partial charge in [-0.2, -0.15) is 0 Å². The van der Waals surface area contributed by atoms with Crippen molar-refractivity contribution in [1.29, 1.82) is 0 Å². The fraction of sp³-hybridized carbons (Fsp3) is 0.429. The van der Waals surface area contributed by atoms with E-state index in [0.717, 1.165) is 12.8 Å². The van der Waals surface area contributed by atoms with Crippen molar-refractivity contribution in [2.45, 2.75) is 29.9 Å². The third kappa shape index (κ3) is 3.25. The van der Waals surface area contributed by atoms with Crippen LogP contribution in [0.25, 0.3) is 0 Å². The Morgan fingerprint density at radius 2 is 2.30 bits per heavy atom. The van der Waals surface area contributed by atoms with Crippen LogP contribution in [0.1, 0.15) is 18.9 Å². The van der Waals surface area contributed by atoms with E-state index in [0.29, 0.717) is 6.54 Å². The highest BCUT2D eigenvalue weighted by Crippen LogP contribution is 2.37. The summed E-state index contributed by atoms with van der Waals surface area (Å²) in [6.45, 7) is 2.79. The van der Waals surface area contributed by atoms with Crippen LogP contribution in [0, 0.1) is 0 Å². The van der Waals surface area contributed by atoms with Gasteiger partial charge in [-0.15, -0.1) is 11.8 Å². The van der Waals surface area contributed by atoms with Crippen LogP contribution in [0.2, 0.25) is 0 Å². The third-order valence-corrected chi connectivity index (χ3v) is 4.51. The molecule has 0 saturated heterocycles. The van der Waals surface area contributed by atoms with Crippen molar-refractivity contribution in [3.63, 3.8) is 0 Å². The number of carbonyl (C=O) groups is 1. The third-order valence-electron chi connectivity index (χ3n) is 3.21. The average Bonchev–Trinajstić information content (AvgIpc) is 2.89. The molecule has 0 spiro atoms. The molecule has 1 aromatic carbocycles. The second kappa shape index (κ2) is 6.65. The maximum Gasteiger partial charge on any atom is 0.236 e. The topological polar surface area (TPSA) is 78.9 Å². The zero-order chi connectivity index (χ0) is 14.5. The number of rotatable bonds is 5. The molecule has 0 radical (unpaired) electrons. The fourth-order valence-corrected chi connectivity index (χ4v) is 3.57. The fourth-order valence-electron chi connectivity index (χ4n) is 2.29. The lowest BCUT2D eigenvalue weighted by Crippen LogP contribution is -2.43. The Morgan fingerprint density at radius 1 is 1.55 bits per heavy atom. The van der Waals surface area contributed by atoms with Crippen LogP contribution in [0.5, 0.6) is 0 Å². The molecule has 2 rings (SSSR count). The molecular formula is C14H19N3O2S. The lowest BCUT2D eigenvalue weighted by molar-refractivity contribution is -0.129. The first-order valence-electron chi connectivity index (χ1n) is 6.65. The minimum Gasteiger partial charge on any atom is -0.409 e. The predicted octanol–water partition coefficient (Wildman–Crippen LogP) is 1.69. The molecule has 1 atom stereocenters. The Morgan fingerprint density at radius 3 is 2.95 bits per heavy atom. The number of thioether (sulfide) groups is 1. The summed E-state index contributed by atoms with van der Waals surface area (Å²) in [7, 11) is 0. The first kappa shape index (κ1) is 14.7. The second-order valence-electron chi connectivity index (χ2n) is 4.77. The molecule has 1 amide bonds. The maximum atomic E-state index is 12.6. The van der Waals surface area contributed by atoms with Crippen molar-refractivity contribution in [3.8, 4) is 0 Å². The Kier molecular flexibility index (Phi) is 4.89. The molecule has 1 aliphatic heterocycles. The van der Waals surface area contributed by atoms with E-state index < -0.39 is 0 Å². The van der Waals surface area contributed by atoms with Gasteiger partial charge in [-0.05, 0) is 24.5 Å². The van der Waals surface area contributed by atoms with Crippen LogP contribution in [0.3, 0.4) is 0 Å². The Balaban J connectivity index is 2.06. The van der Waals surface area contributed by atoms with Gasteiger partial charge < -0.3 is 15.8 Å². The van der Waals surface area contributed by atoms with Gasteiger partial charge in [0.15, 0.2) is 5.84 Å². The van der Waals surface area contributed by atoms with Crippen molar-refractivity contribution in [1.82, 2.24) is 4.90 Å². The van der Waals surface area contributed by atoms with E-state index in [2.05, 4.69) is 11.2 Å². The van der Waals surface area contributed by atoms with Gasteiger partial charge in [0.1, 0.15) is 0 Å². The first-order chi connectivity index (χ1) is 9.65. The lowest BCUT2D eigenvalue weighted by atomic mass is 10.1. The molecular weight excluding hydrogens is 274 g/mol. The summed E-state index contributed by atoms with van der Waals surface area (Å²) in [6, 6.07) is 8.08. The van der Waals surface area contributed by atoms with Gasteiger partial charge in [-0.25, -0.2) is 0 Å². The summed E-state index contributed by atoms with van der Waals surface area (Å²) in [6.07, 6.45) is 1.59. The number of hydrogen-bond acceptors (Lipinski definition) is 4. The van der Waals surface area contributed by atoms with Crippen LogP contribution in [-0.4, -0.2) is 40.2 Å². The predicted molar refractivity (Wildman–Crippen MR) is 80.1 cm³/mol. The van der Waals surface area contributed by atoms with Gasteiger partial charge >= 0.3 is 0 Å². The van der Waals surface area contributed by atoms with E-state index >= 15 is 0 Å². The minimum atomic E-state index is -0.106. The van der Waals surface area contributed by atoms with Crippen LogP contribution < -0.4 is 5.73 Å². The molecule has 1 unspecified atom stereocenters. The number of oxime groups is 1. The van der Waals surface area contributed by atoms with Crippen molar-refractivity contribution < 1.29 is 10.0 Å². The molecule has 0 fully saturated rings. The van der Waals surface area contributed by atoms with E-state index in [4.69, 9.17) is 10.9 Å². The van der Waals surface area contributed by atoms with Crippen molar-refractivity contribution in [3.05, 3.63) is 29.8 Å². The number of carbonyl (C=O) groups excluding carboxylic acids is 1. The summed E-state index contributed by atoms with van der Waals surface area (Å²) in [5, 5.41) is 11.5. The van der Waals surface area contributed by atoms with E-state index in [9.17, 15) is 4.79 Å². The lowest BCUT2D eigenvalue weighted by Gasteiger charge is -2.24. The van der Waals surface area contributed by atoms with Crippen LogP contribution in [-0.2, 0) is 11.2 Å². The smallest absolute Gasteiger partial charge is 0.236 e. The van der Waals surface area contributed by atoms with Gasteiger partial charge in [0.05, 0.1) is 11.8 Å². The van der Waals surface area contributed by atoms with Gasteiger partial charge in [0.25, 0.3) is 0 Å². The second-order valence-corrected chi connectivity index (χ2v) is 6.01. The highest BCUT2D eigenvalue weighted by molar-refractivity contribution is 8.01. The highest BCUT2D eigenvalue weighted by atomic mass is 32.2. The van der Waals surface area contributed by atoms with Gasteiger partial charge in [0.2, 0.25) is 5.91 Å². The summed E-state index contributed by atoms with van der Waals surface area (Å²) >= 11 is 1.60. The van der Waals surface area contributed by atoms with Gasteiger partial charge in [-0.1, -0.05) is 30.3 Å². The summed E-state index contributed by atoms with van der Waals surface area (Å²) in [5.74, 6) is 0.118. The number of amidine groups is 1. The molecule has 0 aliphatic carbocycles. The number of hydrogen-bond donors (Lipinski definition) is 2. The van der Waals surface area contributed by atoms with Crippen LogP contribution >= 0.6 is 11.8 Å². The average molecular weight is 293 g/mol. The van der Waals surface area contributed by atoms with Gasteiger partial charge in [-0.3, -0.25) is 4.79 Å². The monoisotopic (exact) mass is 293 g/mol. The summed E-state index contributed by atoms with van der Waals surface area (Å²) in [4.78, 5) is 15.4. The molecule has 0 aromatic heterocycles. The molecule has 0 saturated carbocycles.